The fraction of sp³-hybridized carbons (Fsp3) is 0.0154. The van der Waals surface area contributed by atoms with E-state index in [0.29, 0.717) is 0 Å². The van der Waals surface area contributed by atoms with Crippen LogP contribution in [0.3, 0.4) is 0 Å². The summed E-state index contributed by atoms with van der Waals surface area (Å²) in [7, 11) is 0. The third-order valence-electron chi connectivity index (χ3n) is 13.9. The molecule has 0 bridgehead atoms. The first kappa shape index (κ1) is 38.7. The number of hydrogen-bond acceptors (Lipinski definition) is 2. The van der Waals surface area contributed by atoms with E-state index >= 15 is 0 Å². The van der Waals surface area contributed by atoms with Gasteiger partial charge in [-0.05, 0) is 132 Å². The van der Waals surface area contributed by atoms with Crippen LogP contribution in [0.1, 0.15) is 22.3 Å². The number of furan rings is 1. The fourth-order valence-electron chi connectivity index (χ4n) is 11.0. The lowest BCUT2D eigenvalue weighted by molar-refractivity contribution is 0.669. The molecular weight excluding hydrogens is 811 g/mol. The summed E-state index contributed by atoms with van der Waals surface area (Å²) in [5, 5.41) is 4.67. The lowest BCUT2D eigenvalue weighted by atomic mass is 9.67. The van der Waals surface area contributed by atoms with Gasteiger partial charge in [-0.1, -0.05) is 206 Å². The van der Waals surface area contributed by atoms with Crippen LogP contribution < -0.4 is 4.90 Å². The van der Waals surface area contributed by atoms with Crippen molar-refractivity contribution in [3.05, 3.63) is 283 Å². The first-order valence-electron chi connectivity index (χ1n) is 23.1. The number of anilines is 3. The van der Waals surface area contributed by atoms with Crippen molar-refractivity contribution in [2.24, 2.45) is 0 Å². The topological polar surface area (TPSA) is 16.4 Å². The average molecular weight is 854 g/mol. The van der Waals surface area contributed by atoms with Crippen molar-refractivity contribution in [1.82, 2.24) is 0 Å². The second-order valence-corrected chi connectivity index (χ2v) is 17.6. The van der Waals surface area contributed by atoms with Crippen molar-refractivity contribution in [3.8, 4) is 44.5 Å². The van der Waals surface area contributed by atoms with Crippen LogP contribution in [-0.2, 0) is 5.41 Å². The molecule has 12 aromatic rings. The predicted octanol–water partition coefficient (Wildman–Crippen LogP) is 17.6. The van der Waals surface area contributed by atoms with E-state index in [-0.39, 0.29) is 0 Å². The van der Waals surface area contributed by atoms with E-state index in [0.717, 1.165) is 55.7 Å². The first-order chi connectivity index (χ1) is 33.2. The maximum Gasteiger partial charge on any atom is 0.137 e. The zero-order valence-electron chi connectivity index (χ0n) is 36.7. The Morgan fingerprint density at radius 1 is 0.313 bits per heavy atom. The van der Waals surface area contributed by atoms with Gasteiger partial charge in [0, 0.05) is 16.8 Å². The number of rotatable bonds is 8. The predicted molar refractivity (Wildman–Crippen MR) is 280 cm³/mol. The minimum absolute atomic E-state index is 0.466. The van der Waals surface area contributed by atoms with Crippen LogP contribution in [0.15, 0.2) is 265 Å². The number of fused-ring (bicyclic) bond motifs is 7. The summed E-state index contributed by atoms with van der Waals surface area (Å²) in [6.07, 6.45) is 0. The van der Waals surface area contributed by atoms with Crippen LogP contribution in [0.4, 0.5) is 17.1 Å². The van der Waals surface area contributed by atoms with Gasteiger partial charge in [-0.15, -0.1) is 0 Å². The summed E-state index contributed by atoms with van der Waals surface area (Å²) in [6.45, 7) is 0. The van der Waals surface area contributed by atoms with Gasteiger partial charge in [0.15, 0.2) is 0 Å². The fourth-order valence-corrected chi connectivity index (χ4v) is 11.0. The van der Waals surface area contributed by atoms with E-state index < -0.39 is 5.41 Å². The van der Waals surface area contributed by atoms with E-state index in [1.807, 2.05) is 6.07 Å². The quantitative estimate of drug-likeness (QED) is 0.151. The van der Waals surface area contributed by atoms with E-state index in [1.165, 1.54) is 60.8 Å². The molecule has 0 radical (unpaired) electrons. The Hall–Kier alpha value is -8.72. The second-order valence-electron chi connectivity index (χ2n) is 17.6. The van der Waals surface area contributed by atoms with Gasteiger partial charge >= 0.3 is 0 Å². The summed E-state index contributed by atoms with van der Waals surface area (Å²) in [5.41, 5.74) is 19.2. The SMILES string of the molecule is c1ccc(C2(c3ccccc3)c3ccccc3-c3ccc(-c4ccc(N(c5cccc(-c6cccc(-c7cccc8ccccc78)c6)c5)c5cccc6oc7ccccc7c56)cc4)cc32)cc1. The molecule has 1 aliphatic rings. The highest BCUT2D eigenvalue weighted by Crippen LogP contribution is 2.57. The monoisotopic (exact) mass is 853 g/mol. The second kappa shape index (κ2) is 15.8. The molecule has 0 saturated heterocycles. The first-order valence-corrected chi connectivity index (χ1v) is 23.1. The molecule has 1 aliphatic carbocycles. The Kier molecular flexibility index (Phi) is 9.11. The summed E-state index contributed by atoms with van der Waals surface area (Å²) in [4.78, 5) is 2.39. The molecule has 1 aromatic heterocycles. The molecule has 0 fully saturated rings. The molecule has 0 spiro atoms. The minimum Gasteiger partial charge on any atom is -0.456 e. The van der Waals surface area contributed by atoms with Crippen LogP contribution in [0.25, 0.3) is 77.2 Å². The Labute approximate surface area is 390 Å². The summed E-state index contributed by atoms with van der Waals surface area (Å²) in [6, 6.07) is 95.0. The lowest BCUT2D eigenvalue weighted by Crippen LogP contribution is -2.28. The standard InChI is InChI=1S/C65H43NO/c1-3-22-50(23-4-1)65(51-24-5-2-6-25-51)59-31-11-9-28-56(59)57-40-37-48(43-60(57)65)44-35-38-52(39-36-44)66(61-32-16-34-63-64(61)58-29-10-12-33-62(58)67-63)53-26-14-20-47(42-53)46-19-13-21-49(41-46)55-30-15-18-45-17-7-8-27-54(45)55/h1-43H. The molecule has 13 rings (SSSR count). The molecule has 314 valence electrons. The van der Waals surface area contributed by atoms with Crippen LogP contribution in [0.2, 0.25) is 0 Å². The minimum atomic E-state index is -0.466. The van der Waals surface area contributed by atoms with E-state index in [4.69, 9.17) is 4.42 Å². The molecule has 0 aliphatic heterocycles. The summed E-state index contributed by atoms with van der Waals surface area (Å²) in [5.74, 6) is 0. The van der Waals surface area contributed by atoms with Crippen molar-refractivity contribution < 1.29 is 4.42 Å². The van der Waals surface area contributed by atoms with Crippen molar-refractivity contribution in [2.45, 2.75) is 5.41 Å². The molecule has 0 unspecified atom stereocenters. The third kappa shape index (κ3) is 6.26. The number of hydrogen-bond donors (Lipinski definition) is 0. The van der Waals surface area contributed by atoms with E-state index in [1.54, 1.807) is 0 Å². The molecule has 0 saturated carbocycles. The Morgan fingerprint density at radius 2 is 0.881 bits per heavy atom. The largest absolute Gasteiger partial charge is 0.456 e. The summed E-state index contributed by atoms with van der Waals surface area (Å²) < 4.78 is 6.48. The lowest BCUT2D eigenvalue weighted by Gasteiger charge is -2.34. The van der Waals surface area contributed by atoms with Gasteiger partial charge in [0.1, 0.15) is 11.2 Å². The van der Waals surface area contributed by atoms with Gasteiger partial charge in [-0.25, -0.2) is 0 Å². The number of benzene rings is 11. The molecule has 2 nitrogen and oxygen atoms in total. The maximum absolute atomic E-state index is 6.48. The molecule has 0 atom stereocenters. The van der Waals surface area contributed by atoms with Gasteiger partial charge in [0.25, 0.3) is 0 Å². The van der Waals surface area contributed by atoms with Crippen LogP contribution >= 0.6 is 0 Å². The Morgan fingerprint density at radius 3 is 1.70 bits per heavy atom. The van der Waals surface area contributed by atoms with Gasteiger partial charge in [-0.3, -0.25) is 0 Å². The highest BCUT2D eigenvalue weighted by Gasteiger charge is 2.46. The number of para-hydroxylation sites is 1. The molecule has 0 N–H and O–H groups in total. The number of nitrogens with zero attached hydrogens (tertiary/aromatic N) is 1. The third-order valence-corrected chi connectivity index (χ3v) is 13.9. The molecule has 11 aromatic carbocycles. The highest BCUT2D eigenvalue weighted by atomic mass is 16.3. The molecule has 67 heavy (non-hydrogen) atoms. The Balaban J connectivity index is 0.949. The van der Waals surface area contributed by atoms with Crippen LogP contribution in [-0.4, -0.2) is 0 Å². The van der Waals surface area contributed by atoms with Gasteiger partial charge in [-0.2, -0.15) is 0 Å². The summed E-state index contributed by atoms with van der Waals surface area (Å²) >= 11 is 0. The molecular formula is C65H43NO. The van der Waals surface area contributed by atoms with Gasteiger partial charge < -0.3 is 9.32 Å². The van der Waals surface area contributed by atoms with Crippen molar-refractivity contribution in [2.75, 3.05) is 4.90 Å². The molecule has 0 amide bonds. The van der Waals surface area contributed by atoms with E-state index in [9.17, 15) is 0 Å². The van der Waals surface area contributed by atoms with Crippen molar-refractivity contribution in [3.63, 3.8) is 0 Å². The zero-order valence-corrected chi connectivity index (χ0v) is 36.7. The highest BCUT2D eigenvalue weighted by molar-refractivity contribution is 6.13. The smallest absolute Gasteiger partial charge is 0.137 e. The van der Waals surface area contributed by atoms with Gasteiger partial charge in [0.2, 0.25) is 0 Å². The van der Waals surface area contributed by atoms with Crippen molar-refractivity contribution >= 4 is 49.8 Å². The van der Waals surface area contributed by atoms with Crippen LogP contribution in [0, 0.1) is 0 Å². The van der Waals surface area contributed by atoms with Gasteiger partial charge in [0.05, 0.1) is 16.5 Å². The molecule has 2 heteroatoms. The Bertz CT molecular complexity index is 3760. The maximum atomic E-state index is 6.48. The van der Waals surface area contributed by atoms with Crippen molar-refractivity contribution in [1.29, 1.82) is 0 Å². The normalized spacial score (nSPS) is 12.6. The molecule has 1 heterocycles. The van der Waals surface area contributed by atoms with E-state index in [2.05, 4.69) is 260 Å². The zero-order chi connectivity index (χ0) is 44.3. The average Bonchev–Trinajstić information content (AvgIpc) is 3.94. The van der Waals surface area contributed by atoms with Crippen LogP contribution in [0.5, 0.6) is 0 Å².